The van der Waals surface area contributed by atoms with Gasteiger partial charge in [0.05, 0.1) is 11.8 Å². The van der Waals surface area contributed by atoms with Crippen LogP contribution in [0.2, 0.25) is 0 Å². The number of hydrogen-bond acceptors (Lipinski definition) is 4. The lowest BCUT2D eigenvalue weighted by Crippen LogP contribution is -2.33. The van der Waals surface area contributed by atoms with Gasteiger partial charge in [0.15, 0.2) is 11.6 Å². The predicted molar refractivity (Wildman–Crippen MR) is 106 cm³/mol. The number of halogens is 1. The predicted octanol–water partition coefficient (Wildman–Crippen LogP) is 3.26. The molecule has 0 aliphatic carbocycles. The second-order valence-electron chi connectivity index (χ2n) is 7.06. The topological polar surface area (TPSA) is 78.5 Å². The molecule has 0 radical (unpaired) electrons. The minimum absolute atomic E-state index is 0.109. The average molecular weight is 395 g/mol. The summed E-state index contributed by atoms with van der Waals surface area (Å²) in [4.78, 5) is 14.6. The average Bonchev–Trinajstić information content (AvgIpc) is 3.17. The minimum Gasteiger partial charge on any atom is -0.485 e. The van der Waals surface area contributed by atoms with Crippen LogP contribution in [0, 0.1) is 5.82 Å². The number of aromatic nitrogens is 2. The molecule has 0 saturated carbocycles. The Morgan fingerprint density at radius 3 is 2.62 bits per heavy atom. The Bertz CT molecular complexity index is 976. The van der Waals surface area contributed by atoms with Gasteiger partial charge < -0.3 is 14.7 Å². The second-order valence-corrected chi connectivity index (χ2v) is 7.06. The van der Waals surface area contributed by atoms with Crippen LogP contribution in [-0.2, 0) is 0 Å². The molecule has 3 aromatic rings. The maximum atomic E-state index is 13.9. The molecule has 0 spiro atoms. The Morgan fingerprint density at radius 2 is 1.83 bits per heavy atom. The number of carbonyl (C=O) groups excluding carboxylic acids is 1. The van der Waals surface area contributed by atoms with Gasteiger partial charge in [-0.25, -0.2) is 4.39 Å². The number of H-pyrrole nitrogens is 1. The Balaban J connectivity index is 1.43. The second kappa shape index (κ2) is 8.45. The van der Waals surface area contributed by atoms with Gasteiger partial charge in [-0.15, -0.1) is 0 Å². The zero-order valence-electron chi connectivity index (χ0n) is 15.8. The smallest absolute Gasteiger partial charge is 0.271 e. The van der Waals surface area contributed by atoms with Crippen LogP contribution in [0.4, 0.5) is 4.39 Å². The first-order valence-electron chi connectivity index (χ1n) is 9.61. The Kier molecular flexibility index (Phi) is 5.57. The van der Waals surface area contributed by atoms with Crippen molar-refractivity contribution in [3.8, 4) is 17.0 Å². The van der Waals surface area contributed by atoms with E-state index in [1.807, 2.05) is 30.3 Å². The number of rotatable bonds is 4. The summed E-state index contributed by atoms with van der Waals surface area (Å²) in [6.07, 6.45) is -0.605. The van der Waals surface area contributed by atoms with Crippen LogP contribution in [0.15, 0.2) is 60.7 Å². The monoisotopic (exact) mass is 395 g/mol. The standard InChI is InChI=1S/C22H22FN3O3/c23-16-8-4-5-9-20(16)29-21-11-13-26(12-10-19(21)27)22(28)18-14-17(24-25-18)15-6-2-1-3-7-15/h1-9,14,19,21,27H,10-13H2,(H,24,25)/t19-,21-/m0/s1. The molecule has 2 heterocycles. The first-order valence-corrected chi connectivity index (χ1v) is 9.61. The molecule has 1 saturated heterocycles. The van der Waals surface area contributed by atoms with Crippen molar-refractivity contribution < 1.29 is 19.0 Å². The normalized spacial score (nSPS) is 19.6. The van der Waals surface area contributed by atoms with Gasteiger partial charge in [-0.05, 0) is 24.6 Å². The van der Waals surface area contributed by atoms with Gasteiger partial charge in [0, 0.05) is 25.1 Å². The van der Waals surface area contributed by atoms with Crippen molar-refractivity contribution in [3.05, 3.63) is 72.2 Å². The van der Waals surface area contributed by atoms with E-state index in [1.54, 1.807) is 23.1 Å². The molecule has 29 heavy (non-hydrogen) atoms. The molecule has 1 aliphatic heterocycles. The van der Waals surface area contributed by atoms with Crippen molar-refractivity contribution >= 4 is 5.91 Å². The van der Waals surface area contributed by atoms with Crippen LogP contribution >= 0.6 is 0 Å². The zero-order valence-corrected chi connectivity index (χ0v) is 15.8. The number of ether oxygens (including phenoxy) is 1. The number of aliphatic hydroxyl groups is 1. The molecule has 7 heteroatoms. The summed E-state index contributed by atoms with van der Waals surface area (Å²) >= 11 is 0. The Morgan fingerprint density at radius 1 is 1.10 bits per heavy atom. The molecular weight excluding hydrogens is 373 g/mol. The number of amides is 1. The molecule has 1 aromatic heterocycles. The summed E-state index contributed by atoms with van der Waals surface area (Å²) in [5.74, 6) is -0.543. The lowest BCUT2D eigenvalue weighted by Gasteiger charge is -2.22. The van der Waals surface area contributed by atoms with E-state index >= 15 is 0 Å². The van der Waals surface area contributed by atoms with Crippen LogP contribution in [0.3, 0.4) is 0 Å². The third-order valence-electron chi connectivity index (χ3n) is 5.09. The highest BCUT2D eigenvalue weighted by Gasteiger charge is 2.30. The number of hydrogen-bond donors (Lipinski definition) is 2. The van der Waals surface area contributed by atoms with Gasteiger partial charge in [0.1, 0.15) is 11.8 Å². The van der Waals surface area contributed by atoms with E-state index in [1.165, 1.54) is 12.1 Å². The molecule has 0 unspecified atom stereocenters. The maximum absolute atomic E-state index is 13.9. The molecule has 2 atom stereocenters. The lowest BCUT2D eigenvalue weighted by molar-refractivity contribution is 0.0328. The van der Waals surface area contributed by atoms with E-state index in [0.717, 1.165) is 5.56 Å². The molecular formula is C22H22FN3O3. The van der Waals surface area contributed by atoms with E-state index in [2.05, 4.69) is 10.2 Å². The van der Waals surface area contributed by atoms with Crippen LogP contribution in [0.25, 0.3) is 11.3 Å². The van der Waals surface area contributed by atoms with E-state index in [9.17, 15) is 14.3 Å². The highest BCUT2D eigenvalue weighted by Crippen LogP contribution is 2.23. The van der Waals surface area contributed by atoms with Gasteiger partial charge in [0.2, 0.25) is 0 Å². The fourth-order valence-electron chi connectivity index (χ4n) is 3.46. The molecule has 2 N–H and O–H groups in total. The number of aromatic amines is 1. The third kappa shape index (κ3) is 4.30. The largest absolute Gasteiger partial charge is 0.485 e. The number of carbonyl (C=O) groups is 1. The van der Waals surface area contributed by atoms with Crippen molar-refractivity contribution in [3.63, 3.8) is 0 Å². The maximum Gasteiger partial charge on any atom is 0.271 e. The summed E-state index contributed by atoms with van der Waals surface area (Å²) in [7, 11) is 0. The first-order chi connectivity index (χ1) is 14.1. The first kappa shape index (κ1) is 19.1. The molecule has 6 nitrogen and oxygen atoms in total. The van der Waals surface area contributed by atoms with Gasteiger partial charge >= 0.3 is 0 Å². The van der Waals surface area contributed by atoms with E-state index in [-0.39, 0.29) is 11.7 Å². The fraction of sp³-hybridized carbons (Fsp3) is 0.273. The number of para-hydroxylation sites is 1. The van der Waals surface area contributed by atoms with E-state index < -0.39 is 18.0 Å². The summed E-state index contributed by atoms with van der Waals surface area (Å²) in [5, 5.41) is 17.5. The van der Waals surface area contributed by atoms with Crippen molar-refractivity contribution in [2.24, 2.45) is 0 Å². The Hall–Kier alpha value is -3.19. The SMILES string of the molecule is O=C(c1cc(-c2ccccc2)n[nH]1)N1CC[C@H](Oc2ccccc2F)[C@@H](O)CC1. The molecule has 1 aliphatic rings. The quantitative estimate of drug-likeness (QED) is 0.711. The van der Waals surface area contributed by atoms with E-state index in [4.69, 9.17) is 4.74 Å². The lowest BCUT2D eigenvalue weighted by atomic mass is 10.1. The van der Waals surface area contributed by atoms with Crippen molar-refractivity contribution in [1.29, 1.82) is 0 Å². The van der Waals surface area contributed by atoms with Crippen molar-refractivity contribution in [2.75, 3.05) is 13.1 Å². The van der Waals surface area contributed by atoms with Crippen LogP contribution in [0.1, 0.15) is 23.3 Å². The fourth-order valence-corrected chi connectivity index (χ4v) is 3.46. The minimum atomic E-state index is -0.783. The summed E-state index contributed by atoms with van der Waals surface area (Å²) in [5.41, 5.74) is 2.02. The summed E-state index contributed by atoms with van der Waals surface area (Å²) in [6.45, 7) is 0.783. The highest BCUT2D eigenvalue weighted by atomic mass is 19.1. The number of aliphatic hydroxyl groups excluding tert-OH is 1. The number of likely N-dealkylation sites (tertiary alicyclic amines) is 1. The zero-order chi connectivity index (χ0) is 20.2. The van der Waals surface area contributed by atoms with Crippen LogP contribution in [0.5, 0.6) is 5.75 Å². The molecule has 1 fully saturated rings. The van der Waals surface area contributed by atoms with Gasteiger partial charge in [0.25, 0.3) is 5.91 Å². The summed E-state index contributed by atoms with van der Waals surface area (Å²) < 4.78 is 19.6. The highest BCUT2D eigenvalue weighted by molar-refractivity contribution is 5.93. The van der Waals surface area contributed by atoms with Gasteiger partial charge in [-0.2, -0.15) is 5.10 Å². The van der Waals surface area contributed by atoms with Gasteiger partial charge in [-0.1, -0.05) is 42.5 Å². The number of nitrogens with one attached hydrogen (secondary N) is 1. The van der Waals surface area contributed by atoms with E-state index in [0.29, 0.717) is 37.3 Å². The molecule has 4 rings (SSSR count). The van der Waals surface area contributed by atoms with Crippen LogP contribution in [-0.4, -0.2) is 51.4 Å². The third-order valence-corrected chi connectivity index (χ3v) is 5.09. The summed E-state index contributed by atoms with van der Waals surface area (Å²) in [6, 6.07) is 17.4. The van der Waals surface area contributed by atoms with Crippen molar-refractivity contribution in [2.45, 2.75) is 25.0 Å². The van der Waals surface area contributed by atoms with Crippen LogP contribution < -0.4 is 4.74 Å². The number of benzene rings is 2. The molecule has 1 amide bonds. The van der Waals surface area contributed by atoms with Gasteiger partial charge in [-0.3, -0.25) is 9.89 Å². The molecule has 0 bridgehead atoms. The molecule has 150 valence electrons. The molecule has 2 aromatic carbocycles. The Labute approximate surface area is 167 Å². The van der Waals surface area contributed by atoms with Crippen molar-refractivity contribution in [1.82, 2.24) is 15.1 Å². The number of nitrogens with zero attached hydrogens (tertiary/aromatic N) is 2.